The Kier molecular flexibility index (Phi) is 5.03. The standard InChI is InChI=1S/C20H17NO5/c22-19(23)17(20(24)25)13-14-5-7-16(8-6-14)26-12-11-21-10-9-15-3-1-2-4-18(15)21/h1-10,13H,11-12H2,(H,22,23)(H,24,25). The Balaban J connectivity index is 1.62. The van der Waals surface area contributed by atoms with Crippen molar-refractivity contribution in [2.75, 3.05) is 6.61 Å². The molecule has 3 aromatic rings. The molecule has 2 N–H and O–H groups in total. The van der Waals surface area contributed by atoms with Crippen LogP contribution in [0.4, 0.5) is 0 Å². The van der Waals surface area contributed by atoms with Crippen molar-refractivity contribution >= 4 is 28.9 Å². The number of aliphatic carboxylic acids is 2. The molecular formula is C20H17NO5. The normalized spacial score (nSPS) is 10.5. The van der Waals surface area contributed by atoms with Gasteiger partial charge in [0.05, 0.1) is 6.54 Å². The minimum atomic E-state index is -1.48. The van der Waals surface area contributed by atoms with Gasteiger partial charge in [-0.1, -0.05) is 30.3 Å². The van der Waals surface area contributed by atoms with E-state index in [4.69, 9.17) is 14.9 Å². The lowest BCUT2D eigenvalue weighted by atomic mass is 10.1. The van der Waals surface area contributed by atoms with Crippen LogP contribution in [0.15, 0.2) is 66.4 Å². The molecule has 0 radical (unpaired) electrons. The van der Waals surface area contributed by atoms with Gasteiger partial charge < -0.3 is 19.5 Å². The van der Waals surface area contributed by atoms with Crippen molar-refractivity contribution in [3.63, 3.8) is 0 Å². The van der Waals surface area contributed by atoms with Gasteiger partial charge in [-0.25, -0.2) is 9.59 Å². The molecule has 0 unspecified atom stereocenters. The van der Waals surface area contributed by atoms with E-state index in [0.717, 1.165) is 11.6 Å². The second kappa shape index (κ2) is 7.57. The predicted octanol–water partition coefficient (Wildman–Crippen LogP) is 3.27. The molecule has 0 saturated heterocycles. The summed E-state index contributed by atoms with van der Waals surface area (Å²) in [6.07, 6.45) is 3.13. The number of ether oxygens (including phenoxy) is 1. The third kappa shape index (κ3) is 3.92. The number of rotatable bonds is 7. The molecule has 0 bridgehead atoms. The molecular weight excluding hydrogens is 334 g/mol. The van der Waals surface area contributed by atoms with Crippen LogP contribution in [-0.2, 0) is 16.1 Å². The van der Waals surface area contributed by atoms with Crippen LogP contribution in [0.5, 0.6) is 5.75 Å². The minimum Gasteiger partial charge on any atom is -0.492 e. The van der Waals surface area contributed by atoms with Crippen LogP contribution in [0.25, 0.3) is 17.0 Å². The predicted molar refractivity (Wildman–Crippen MR) is 97.1 cm³/mol. The van der Waals surface area contributed by atoms with Gasteiger partial charge in [0, 0.05) is 11.7 Å². The Hall–Kier alpha value is -3.54. The highest BCUT2D eigenvalue weighted by Gasteiger charge is 2.15. The fourth-order valence-electron chi connectivity index (χ4n) is 2.64. The molecule has 6 nitrogen and oxygen atoms in total. The molecule has 1 aromatic heterocycles. The highest BCUT2D eigenvalue weighted by molar-refractivity contribution is 6.16. The number of nitrogens with zero attached hydrogens (tertiary/aromatic N) is 1. The molecule has 3 rings (SSSR count). The van der Waals surface area contributed by atoms with Crippen molar-refractivity contribution in [3.05, 3.63) is 71.9 Å². The largest absolute Gasteiger partial charge is 0.492 e. The van der Waals surface area contributed by atoms with Crippen molar-refractivity contribution in [2.45, 2.75) is 6.54 Å². The summed E-state index contributed by atoms with van der Waals surface area (Å²) in [5, 5.41) is 18.9. The molecule has 0 fully saturated rings. The summed E-state index contributed by atoms with van der Waals surface area (Å²) in [7, 11) is 0. The molecule has 132 valence electrons. The lowest BCUT2D eigenvalue weighted by Gasteiger charge is -2.08. The number of para-hydroxylation sites is 1. The van der Waals surface area contributed by atoms with E-state index in [1.807, 2.05) is 18.3 Å². The highest BCUT2D eigenvalue weighted by atomic mass is 16.5. The lowest BCUT2D eigenvalue weighted by molar-refractivity contribution is -0.140. The van der Waals surface area contributed by atoms with Crippen molar-refractivity contribution in [1.82, 2.24) is 4.57 Å². The summed E-state index contributed by atoms with van der Waals surface area (Å²) < 4.78 is 7.82. The van der Waals surface area contributed by atoms with E-state index in [0.29, 0.717) is 24.5 Å². The molecule has 0 atom stereocenters. The van der Waals surface area contributed by atoms with E-state index in [1.54, 1.807) is 24.3 Å². The van der Waals surface area contributed by atoms with Gasteiger partial charge in [0.25, 0.3) is 0 Å². The first-order valence-electron chi connectivity index (χ1n) is 7.99. The SMILES string of the molecule is O=C(O)C(=Cc1ccc(OCCn2ccc3ccccc32)cc1)C(=O)O. The van der Waals surface area contributed by atoms with Crippen LogP contribution >= 0.6 is 0 Å². The van der Waals surface area contributed by atoms with E-state index in [1.165, 1.54) is 5.39 Å². The Morgan fingerprint density at radius 1 is 0.962 bits per heavy atom. The second-order valence-corrected chi connectivity index (χ2v) is 5.65. The fourth-order valence-corrected chi connectivity index (χ4v) is 2.64. The number of hydrogen-bond donors (Lipinski definition) is 2. The number of carbonyl (C=O) groups is 2. The molecule has 0 saturated carbocycles. The zero-order valence-corrected chi connectivity index (χ0v) is 13.8. The molecule has 0 aliphatic rings. The zero-order chi connectivity index (χ0) is 18.5. The lowest BCUT2D eigenvalue weighted by Crippen LogP contribution is -2.10. The van der Waals surface area contributed by atoms with E-state index in [-0.39, 0.29) is 0 Å². The third-order valence-electron chi connectivity index (χ3n) is 3.93. The van der Waals surface area contributed by atoms with Gasteiger partial charge in [-0.15, -0.1) is 0 Å². The molecule has 0 aliphatic carbocycles. The van der Waals surface area contributed by atoms with Gasteiger partial charge in [-0.2, -0.15) is 0 Å². The molecule has 0 spiro atoms. The maximum Gasteiger partial charge on any atom is 0.343 e. The summed E-state index contributed by atoms with van der Waals surface area (Å²) in [5.74, 6) is -2.32. The molecule has 0 aliphatic heterocycles. The quantitative estimate of drug-likeness (QED) is 0.387. The van der Waals surface area contributed by atoms with Crippen LogP contribution in [0.3, 0.4) is 0 Å². The topological polar surface area (TPSA) is 88.8 Å². The Morgan fingerprint density at radius 2 is 1.65 bits per heavy atom. The van der Waals surface area contributed by atoms with Crippen LogP contribution < -0.4 is 4.74 Å². The minimum absolute atomic E-state index is 0.476. The summed E-state index contributed by atoms with van der Waals surface area (Å²) >= 11 is 0. The van der Waals surface area contributed by atoms with Gasteiger partial charge in [0.15, 0.2) is 0 Å². The molecule has 2 aromatic carbocycles. The Labute approximate surface area is 149 Å². The van der Waals surface area contributed by atoms with Gasteiger partial charge in [0.2, 0.25) is 0 Å². The maximum absolute atomic E-state index is 10.9. The van der Waals surface area contributed by atoms with E-state index >= 15 is 0 Å². The van der Waals surface area contributed by atoms with E-state index in [9.17, 15) is 9.59 Å². The van der Waals surface area contributed by atoms with Crippen molar-refractivity contribution in [1.29, 1.82) is 0 Å². The first-order valence-corrected chi connectivity index (χ1v) is 7.99. The molecule has 0 amide bonds. The first-order chi connectivity index (χ1) is 12.5. The number of fused-ring (bicyclic) bond motifs is 1. The maximum atomic E-state index is 10.9. The molecule has 1 heterocycles. The average molecular weight is 351 g/mol. The van der Waals surface area contributed by atoms with E-state index in [2.05, 4.69) is 22.8 Å². The van der Waals surface area contributed by atoms with Crippen LogP contribution in [-0.4, -0.2) is 33.3 Å². The van der Waals surface area contributed by atoms with Crippen LogP contribution in [0.2, 0.25) is 0 Å². The summed E-state index contributed by atoms with van der Waals surface area (Å²) in [6.45, 7) is 1.17. The second-order valence-electron chi connectivity index (χ2n) is 5.65. The van der Waals surface area contributed by atoms with Gasteiger partial charge >= 0.3 is 11.9 Å². The third-order valence-corrected chi connectivity index (χ3v) is 3.93. The summed E-state index contributed by atoms with van der Waals surface area (Å²) in [5.41, 5.74) is 0.943. The Bertz CT molecular complexity index is 953. The average Bonchev–Trinajstić information content (AvgIpc) is 3.04. The van der Waals surface area contributed by atoms with Gasteiger partial charge in [0.1, 0.15) is 17.9 Å². The van der Waals surface area contributed by atoms with Crippen LogP contribution in [0.1, 0.15) is 5.56 Å². The van der Waals surface area contributed by atoms with Crippen LogP contribution in [0, 0.1) is 0 Å². The summed E-state index contributed by atoms with van der Waals surface area (Å²) in [6, 6.07) is 16.8. The summed E-state index contributed by atoms with van der Waals surface area (Å²) in [4.78, 5) is 21.8. The van der Waals surface area contributed by atoms with Crippen molar-refractivity contribution in [3.8, 4) is 5.75 Å². The van der Waals surface area contributed by atoms with Crippen molar-refractivity contribution in [2.24, 2.45) is 0 Å². The number of benzene rings is 2. The van der Waals surface area contributed by atoms with Gasteiger partial charge in [-0.3, -0.25) is 0 Å². The first kappa shape index (κ1) is 17.3. The number of aromatic nitrogens is 1. The monoisotopic (exact) mass is 351 g/mol. The fraction of sp³-hybridized carbons (Fsp3) is 0.100. The molecule has 6 heteroatoms. The van der Waals surface area contributed by atoms with E-state index < -0.39 is 17.5 Å². The number of carboxylic acid groups (broad SMARTS) is 2. The number of carboxylic acids is 2. The smallest absolute Gasteiger partial charge is 0.343 e. The zero-order valence-electron chi connectivity index (χ0n) is 13.8. The van der Waals surface area contributed by atoms with Crippen molar-refractivity contribution < 1.29 is 24.5 Å². The highest BCUT2D eigenvalue weighted by Crippen LogP contribution is 2.17. The van der Waals surface area contributed by atoms with Gasteiger partial charge in [-0.05, 0) is 41.3 Å². The molecule has 26 heavy (non-hydrogen) atoms. The Morgan fingerprint density at radius 3 is 2.35 bits per heavy atom. The number of hydrogen-bond acceptors (Lipinski definition) is 3.